The molecule has 0 aromatic heterocycles. The van der Waals surface area contributed by atoms with Gasteiger partial charge < -0.3 is 9.64 Å². The first kappa shape index (κ1) is 22.1. The molecule has 162 valence electrons. The number of anilines is 2. The monoisotopic (exact) mass is 421 g/mol. The van der Waals surface area contributed by atoms with Gasteiger partial charge in [-0.25, -0.2) is 9.69 Å². The summed E-state index contributed by atoms with van der Waals surface area (Å²) >= 11 is 0. The molecule has 0 saturated carbocycles. The summed E-state index contributed by atoms with van der Waals surface area (Å²) in [7, 11) is 1.54. The minimum atomic E-state index is -0.763. The van der Waals surface area contributed by atoms with Crippen molar-refractivity contribution in [3.63, 3.8) is 0 Å². The smallest absolute Gasteiger partial charge is 0.335 e. The van der Waals surface area contributed by atoms with Crippen LogP contribution in [0.1, 0.15) is 30.5 Å². The largest absolute Gasteiger partial charge is 0.496 e. The SMILES string of the molecule is CCN(CC)c1ccc(C=C2C(=O)NC(=O)N(c3cc(C)cc(C)c3)C2=O)c(OC)c1. The lowest BCUT2D eigenvalue weighted by Crippen LogP contribution is -2.54. The molecule has 1 aliphatic heterocycles. The fraction of sp³-hybridized carbons (Fsp3) is 0.292. The molecule has 7 heteroatoms. The lowest BCUT2D eigenvalue weighted by Gasteiger charge is -2.27. The molecule has 1 fully saturated rings. The van der Waals surface area contributed by atoms with Crippen LogP contribution in [0.5, 0.6) is 5.75 Å². The van der Waals surface area contributed by atoms with E-state index in [0.717, 1.165) is 34.8 Å². The van der Waals surface area contributed by atoms with Crippen LogP contribution in [0, 0.1) is 13.8 Å². The van der Waals surface area contributed by atoms with E-state index in [1.165, 1.54) is 13.2 Å². The van der Waals surface area contributed by atoms with Crippen molar-refractivity contribution in [3.05, 3.63) is 58.7 Å². The number of imide groups is 2. The second-order valence-corrected chi connectivity index (χ2v) is 7.40. The molecule has 2 aromatic carbocycles. The normalized spacial score (nSPS) is 15.3. The van der Waals surface area contributed by atoms with Gasteiger partial charge in [0, 0.05) is 30.4 Å². The van der Waals surface area contributed by atoms with Gasteiger partial charge in [-0.05, 0) is 69.2 Å². The predicted octanol–water partition coefficient (Wildman–Crippen LogP) is 3.82. The highest BCUT2D eigenvalue weighted by Gasteiger charge is 2.37. The van der Waals surface area contributed by atoms with Gasteiger partial charge in [-0.3, -0.25) is 14.9 Å². The molecule has 0 spiro atoms. The van der Waals surface area contributed by atoms with E-state index in [0.29, 0.717) is 17.0 Å². The molecule has 31 heavy (non-hydrogen) atoms. The van der Waals surface area contributed by atoms with E-state index in [-0.39, 0.29) is 5.57 Å². The quantitative estimate of drug-likeness (QED) is 0.567. The third kappa shape index (κ3) is 4.45. The molecule has 7 nitrogen and oxygen atoms in total. The second kappa shape index (κ2) is 9.04. The molecule has 0 aliphatic carbocycles. The van der Waals surface area contributed by atoms with Gasteiger partial charge in [-0.1, -0.05) is 6.07 Å². The zero-order valence-electron chi connectivity index (χ0n) is 18.5. The Morgan fingerprint density at radius 2 is 1.65 bits per heavy atom. The molecule has 2 aromatic rings. The number of hydrogen-bond donors (Lipinski definition) is 1. The van der Waals surface area contributed by atoms with Crippen LogP contribution in [0.3, 0.4) is 0 Å². The highest BCUT2D eigenvalue weighted by molar-refractivity contribution is 6.39. The summed E-state index contributed by atoms with van der Waals surface area (Å²) in [6.45, 7) is 9.58. The number of barbiturate groups is 1. The Labute approximate surface area is 182 Å². The van der Waals surface area contributed by atoms with Crippen LogP contribution in [0.15, 0.2) is 42.0 Å². The molecule has 1 aliphatic rings. The summed E-state index contributed by atoms with van der Waals surface area (Å²) in [5.41, 5.74) is 3.66. The average Bonchev–Trinajstić information content (AvgIpc) is 2.71. The summed E-state index contributed by atoms with van der Waals surface area (Å²) in [5.74, 6) is -0.869. The number of hydrogen-bond acceptors (Lipinski definition) is 5. The molecular formula is C24H27N3O4. The highest BCUT2D eigenvalue weighted by atomic mass is 16.5. The number of urea groups is 1. The van der Waals surface area contributed by atoms with Crippen molar-refractivity contribution in [1.82, 2.24) is 5.32 Å². The van der Waals surface area contributed by atoms with Gasteiger partial charge in [-0.2, -0.15) is 0 Å². The van der Waals surface area contributed by atoms with Gasteiger partial charge in [0.1, 0.15) is 11.3 Å². The third-order valence-corrected chi connectivity index (χ3v) is 5.21. The zero-order chi connectivity index (χ0) is 22.7. The summed E-state index contributed by atoms with van der Waals surface area (Å²) in [6, 6.07) is 10.2. The van der Waals surface area contributed by atoms with Gasteiger partial charge in [0.2, 0.25) is 0 Å². The van der Waals surface area contributed by atoms with E-state index >= 15 is 0 Å². The number of rotatable bonds is 6. The van der Waals surface area contributed by atoms with Crippen LogP contribution < -0.4 is 19.9 Å². The minimum Gasteiger partial charge on any atom is -0.496 e. The fourth-order valence-corrected chi connectivity index (χ4v) is 3.73. The molecule has 1 N–H and O–H groups in total. The Morgan fingerprint density at radius 1 is 1.00 bits per heavy atom. The highest BCUT2D eigenvalue weighted by Crippen LogP contribution is 2.29. The van der Waals surface area contributed by atoms with Crippen LogP contribution in [-0.4, -0.2) is 38.0 Å². The number of nitrogens with one attached hydrogen (secondary N) is 1. The third-order valence-electron chi connectivity index (χ3n) is 5.21. The van der Waals surface area contributed by atoms with Crippen molar-refractivity contribution in [2.24, 2.45) is 0 Å². The van der Waals surface area contributed by atoms with E-state index < -0.39 is 17.8 Å². The Morgan fingerprint density at radius 3 is 2.23 bits per heavy atom. The number of carbonyl (C=O) groups is 3. The Hall–Kier alpha value is -3.61. The van der Waals surface area contributed by atoms with Crippen molar-refractivity contribution >= 4 is 35.3 Å². The predicted molar refractivity (Wildman–Crippen MR) is 121 cm³/mol. The molecule has 3 rings (SSSR count). The van der Waals surface area contributed by atoms with E-state index in [9.17, 15) is 14.4 Å². The van der Waals surface area contributed by atoms with Crippen LogP contribution in [0.25, 0.3) is 6.08 Å². The topological polar surface area (TPSA) is 79.0 Å². The van der Waals surface area contributed by atoms with Crippen LogP contribution in [-0.2, 0) is 9.59 Å². The van der Waals surface area contributed by atoms with Crippen molar-refractivity contribution in [2.45, 2.75) is 27.7 Å². The van der Waals surface area contributed by atoms with Gasteiger partial charge in [0.15, 0.2) is 0 Å². The van der Waals surface area contributed by atoms with Gasteiger partial charge in [0.25, 0.3) is 11.8 Å². The second-order valence-electron chi connectivity index (χ2n) is 7.40. The summed E-state index contributed by atoms with van der Waals surface area (Å²) < 4.78 is 5.51. The molecule has 0 atom stereocenters. The lowest BCUT2D eigenvalue weighted by molar-refractivity contribution is -0.122. The average molecular weight is 421 g/mol. The fourth-order valence-electron chi connectivity index (χ4n) is 3.73. The molecule has 0 bridgehead atoms. The summed E-state index contributed by atoms with van der Waals surface area (Å²) in [4.78, 5) is 41.3. The number of methoxy groups -OCH3 is 1. The van der Waals surface area contributed by atoms with Crippen LogP contribution in [0.4, 0.5) is 16.2 Å². The Bertz CT molecular complexity index is 1050. The molecule has 1 saturated heterocycles. The number of aryl methyl sites for hydroxylation is 2. The Balaban J connectivity index is 2.04. The first-order valence-electron chi connectivity index (χ1n) is 10.2. The number of amides is 4. The number of benzene rings is 2. The van der Waals surface area contributed by atoms with Gasteiger partial charge in [-0.15, -0.1) is 0 Å². The number of carbonyl (C=O) groups excluding carboxylic acids is 3. The number of ether oxygens (including phenoxy) is 1. The maximum Gasteiger partial charge on any atom is 0.335 e. The molecule has 4 amide bonds. The van der Waals surface area contributed by atoms with Crippen molar-refractivity contribution in [1.29, 1.82) is 0 Å². The first-order chi connectivity index (χ1) is 14.8. The number of nitrogens with zero attached hydrogens (tertiary/aromatic N) is 2. The first-order valence-corrected chi connectivity index (χ1v) is 10.2. The van der Waals surface area contributed by atoms with Crippen LogP contribution >= 0.6 is 0 Å². The minimum absolute atomic E-state index is 0.132. The lowest BCUT2D eigenvalue weighted by atomic mass is 10.0. The molecule has 0 unspecified atom stereocenters. The van der Waals surface area contributed by atoms with E-state index in [2.05, 4.69) is 24.1 Å². The van der Waals surface area contributed by atoms with Gasteiger partial charge >= 0.3 is 6.03 Å². The van der Waals surface area contributed by atoms with E-state index in [1.807, 2.05) is 32.0 Å². The summed E-state index contributed by atoms with van der Waals surface area (Å²) in [5, 5.41) is 2.26. The molecule has 0 radical (unpaired) electrons. The van der Waals surface area contributed by atoms with Gasteiger partial charge in [0.05, 0.1) is 12.8 Å². The Kier molecular flexibility index (Phi) is 6.44. The van der Waals surface area contributed by atoms with E-state index in [1.54, 1.807) is 18.2 Å². The van der Waals surface area contributed by atoms with Crippen molar-refractivity contribution in [3.8, 4) is 5.75 Å². The maximum absolute atomic E-state index is 13.2. The summed E-state index contributed by atoms with van der Waals surface area (Å²) in [6.07, 6.45) is 1.46. The molecule has 1 heterocycles. The standard InChI is InChI=1S/C24H27N3O4/c1-6-26(7-2)18-9-8-17(21(14-18)31-5)13-20-22(28)25-24(30)27(23(20)29)19-11-15(3)10-16(4)12-19/h8-14H,6-7H2,1-5H3,(H,25,28,30). The van der Waals surface area contributed by atoms with E-state index in [4.69, 9.17) is 4.74 Å². The van der Waals surface area contributed by atoms with Crippen molar-refractivity contribution in [2.75, 3.05) is 30.0 Å². The zero-order valence-corrected chi connectivity index (χ0v) is 18.5. The molecular weight excluding hydrogens is 394 g/mol. The maximum atomic E-state index is 13.2. The van der Waals surface area contributed by atoms with Crippen molar-refractivity contribution < 1.29 is 19.1 Å². The van der Waals surface area contributed by atoms with Crippen LogP contribution in [0.2, 0.25) is 0 Å².